The number of hydrogen-bond donors (Lipinski definition) is 2. The number of methoxy groups -OCH3 is 1. The minimum absolute atomic E-state index is 0.0885. The van der Waals surface area contributed by atoms with E-state index in [1.807, 2.05) is 24.3 Å². The van der Waals surface area contributed by atoms with Crippen LogP contribution in [0.25, 0.3) is 0 Å². The fourth-order valence-corrected chi connectivity index (χ4v) is 1.85. The highest BCUT2D eigenvalue weighted by atomic mass is 16.6. The van der Waals surface area contributed by atoms with E-state index in [1.165, 1.54) is 6.07 Å². The Kier molecular flexibility index (Phi) is 4.55. The molecule has 0 unspecified atom stereocenters. The summed E-state index contributed by atoms with van der Waals surface area (Å²) < 4.78 is 5.09. The molecular weight excluding hydrogens is 272 g/mol. The fourth-order valence-electron chi connectivity index (χ4n) is 1.85. The highest BCUT2D eigenvalue weighted by Gasteiger charge is 2.12. The predicted octanol–water partition coefficient (Wildman–Crippen LogP) is 2.24. The molecule has 3 N–H and O–H groups in total. The smallest absolute Gasteiger partial charge is 0.311 e. The van der Waals surface area contributed by atoms with Gasteiger partial charge in [-0.05, 0) is 30.2 Å². The molecule has 0 aliphatic carbocycles. The molecular formula is C14H16N4O3. The summed E-state index contributed by atoms with van der Waals surface area (Å²) in [6, 6.07) is 10.7. The predicted molar refractivity (Wildman–Crippen MR) is 80.5 cm³/mol. The van der Waals surface area contributed by atoms with Gasteiger partial charge in [-0.15, -0.1) is 0 Å². The van der Waals surface area contributed by atoms with E-state index in [-0.39, 0.29) is 11.5 Å². The summed E-state index contributed by atoms with van der Waals surface area (Å²) in [5, 5.41) is 13.7. The zero-order valence-electron chi connectivity index (χ0n) is 11.6. The first-order valence-electron chi connectivity index (χ1n) is 6.38. The van der Waals surface area contributed by atoms with Crippen LogP contribution in [0.3, 0.4) is 0 Å². The summed E-state index contributed by atoms with van der Waals surface area (Å²) in [7, 11) is 1.63. The molecule has 0 saturated heterocycles. The number of pyridine rings is 1. The largest absolute Gasteiger partial charge is 0.497 e. The van der Waals surface area contributed by atoms with Gasteiger partial charge < -0.3 is 15.8 Å². The van der Waals surface area contributed by atoms with Crippen molar-refractivity contribution in [3.8, 4) is 5.75 Å². The minimum atomic E-state index is -0.552. The summed E-state index contributed by atoms with van der Waals surface area (Å²) in [6.45, 7) is 0.649. The van der Waals surface area contributed by atoms with Crippen molar-refractivity contribution in [1.82, 2.24) is 4.98 Å². The second-order valence-electron chi connectivity index (χ2n) is 4.38. The number of nitrogen functional groups attached to an aromatic ring is 1. The quantitative estimate of drug-likeness (QED) is 0.624. The van der Waals surface area contributed by atoms with Gasteiger partial charge in [0.15, 0.2) is 0 Å². The number of nitro groups is 1. The molecule has 0 atom stereocenters. The number of nitrogens with zero attached hydrogens (tertiary/aromatic N) is 2. The number of aromatic nitrogens is 1. The van der Waals surface area contributed by atoms with E-state index >= 15 is 0 Å². The van der Waals surface area contributed by atoms with Gasteiger partial charge in [-0.3, -0.25) is 10.1 Å². The van der Waals surface area contributed by atoms with Crippen molar-refractivity contribution in [2.75, 3.05) is 24.7 Å². The maximum atomic E-state index is 10.6. The molecule has 0 aliphatic rings. The first-order valence-corrected chi connectivity index (χ1v) is 6.38. The molecule has 7 nitrogen and oxygen atoms in total. The molecule has 0 aliphatic heterocycles. The SMILES string of the molecule is COc1ccc(CCNc2ccc([N+](=O)[O-])c(N)n2)cc1. The Balaban J connectivity index is 1.91. The highest BCUT2D eigenvalue weighted by molar-refractivity contribution is 5.57. The molecule has 0 amide bonds. The number of anilines is 2. The number of rotatable bonds is 6. The second-order valence-corrected chi connectivity index (χ2v) is 4.38. The third-order valence-electron chi connectivity index (χ3n) is 2.98. The topological polar surface area (TPSA) is 103 Å². The van der Waals surface area contributed by atoms with Crippen LogP contribution in [0.1, 0.15) is 5.56 Å². The van der Waals surface area contributed by atoms with E-state index in [0.717, 1.165) is 17.7 Å². The summed E-state index contributed by atoms with van der Waals surface area (Å²) in [4.78, 5) is 14.0. The van der Waals surface area contributed by atoms with Gasteiger partial charge in [-0.2, -0.15) is 0 Å². The van der Waals surface area contributed by atoms with Crippen LogP contribution < -0.4 is 15.8 Å². The standard InChI is InChI=1S/C14H16N4O3/c1-21-11-4-2-10(3-5-11)8-9-16-13-7-6-12(18(19)20)14(15)17-13/h2-7H,8-9H2,1H3,(H3,15,16,17). The van der Waals surface area contributed by atoms with Crippen molar-refractivity contribution in [2.24, 2.45) is 0 Å². The van der Waals surface area contributed by atoms with Crippen LogP contribution in [0, 0.1) is 10.1 Å². The van der Waals surface area contributed by atoms with E-state index in [1.54, 1.807) is 13.2 Å². The number of nitrogens with two attached hydrogens (primary N) is 1. The van der Waals surface area contributed by atoms with Gasteiger partial charge in [-0.1, -0.05) is 12.1 Å². The molecule has 1 aromatic heterocycles. The Morgan fingerprint density at radius 2 is 2.00 bits per heavy atom. The molecule has 7 heteroatoms. The van der Waals surface area contributed by atoms with Crippen LogP contribution in [0.15, 0.2) is 36.4 Å². The zero-order chi connectivity index (χ0) is 15.2. The molecule has 1 aromatic carbocycles. The van der Waals surface area contributed by atoms with Crippen molar-refractivity contribution >= 4 is 17.3 Å². The monoisotopic (exact) mass is 288 g/mol. The number of ether oxygens (including phenoxy) is 1. The van der Waals surface area contributed by atoms with Crippen LogP contribution in [0.5, 0.6) is 5.75 Å². The Morgan fingerprint density at radius 1 is 1.29 bits per heavy atom. The number of nitrogens with one attached hydrogen (secondary N) is 1. The third-order valence-corrected chi connectivity index (χ3v) is 2.98. The van der Waals surface area contributed by atoms with Crippen LogP contribution in [0.4, 0.5) is 17.3 Å². The molecule has 2 aromatic rings. The van der Waals surface area contributed by atoms with E-state index in [0.29, 0.717) is 12.4 Å². The van der Waals surface area contributed by atoms with Gasteiger partial charge in [-0.25, -0.2) is 4.98 Å². The molecule has 0 fully saturated rings. The van der Waals surface area contributed by atoms with Gasteiger partial charge in [0.25, 0.3) is 0 Å². The molecule has 1 heterocycles. The molecule has 0 radical (unpaired) electrons. The molecule has 2 rings (SSSR count). The van der Waals surface area contributed by atoms with Crippen molar-refractivity contribution < 1.29 is 9.66 Å². The summed E-state index contributed by atoms with van der Waals surface area (Å²) in [5.74, 6) is 1.25. The summed E-state index contributed by atoms with van der Waals surface area (Å²) >= 11 is 0. The molecule has 110 valence electrons. The van der Waals surface area contributed by atoms with Gasteiger partial charge in [0.2, 0.25) is 5.82 Å². The summed E-state index contributed by atoms with van der Waals surface area (Å²) in [5.41, 5.74) is 6.50. The van der Waals surface area contributed by atoms with Gasteiger partial charge in [0, 0.05) is 12.6 Å². The summed E-state index contributed by atoms with van der Waals surface area (Å²) in [6.07, 6.45) is 0.794. The van der Waals surface area contributed by atoms with E-state index in [2.05, 4.69) is 10.3 Å². The minimum Gasteiger partial charge on any atom is -0.497 e. The Labute approximate surface area is 121 Å². The van der Waals surface area contributed by atoms with E-state index in [9.17, 15) is 10.1 Å². The van der Waals surface area contributed by atoms with Gasteiger partial charge in [0.1, 0.15) is 11.6 Å². The van der Waals surface area contributed by atoms with Crippen LogP contribution in [0.2, 0.25) is 0 Å². The van der Waals surface area contributed by atoms with Crippen molar-refractivity contribution in [2.45, 2.75) is 6.42 Å². The van der Waals surface area contributed by atoms with Crippen molar-refractivity contribution in [3.63, 3.8) is 0 Å². The van der Waals surface area contributed by atoms with Crippen molar-refractivity contribution in [3.05, 3.63) is 52.1 Å². The maximum Gasteiger partial charge on any atom is 0.311 e. The average molecular weight is 288 g/mol. The lowest BCUT2D eigenvalue weighted by molar-refractivity contribution is -0.384. The lowest BCUT2D eigenvalue weighted by Crippen LogP contribution is -2.08. The Bertz CT molecular complexity index is 629. The van der Waals surface area contributed by atoms with Crippen LogP contribution in [-0.4, -0.2) is 23.6 Å². The molecule has 0 spiro atoms. The lowest BCUT2D eigenvalue weighted by atomic mass is 10.1. The number of hydrogen-bond acceptors (Lipinski definition) is 6. The van der Waals surface area contributed by atoms with Crippen molar-refractivity contribution in [1.29, 1.82) is 0 Å². The fraction of sp³-hybridized carbons (Fsp3) is 0.214. The molecule has 21 heavy (non-hydrogen) atoms. The second kappa shape index (κ2) is 6.56. The van der Waals surface area contributed by atoms with Gasteiger partial charge >= 0.3 is 5.69 Å². The van der Waals surface area contributed by atoms with Gasteiger partial charge in [0.05, 0.1) is 12.0 Å². The normalized spacial score (nSPS) is 10.1. The maximum absolute atomic E-state index is 10.6. The lowest BCUT2D eigenvalue weighted by Gasteiger charge is -2.07. The van der Waals surface area contributed by atoms with Crippen LogP contribution >= 0.6 is 0 Å². The first-order chi connectivity index (χ1) is 10.1. The third kappa shape index (κ3) is 3.82. The average Bonchev–Trinajstić information content (AvgIpc) is 2.47. The number of benzene rings is 1. The Morgan fingerprint density at radius 3 is 2.57 bits per heavy atom. The highest BCUT2D eigenvalue weighted by Crippen LogP contribution is 2.20. The first kappa shape index (κ1) is 14.6. The zero-order valence-corrected chi connectivity index (χ0v) is 11.6. The van der Waals surface area contributed by atoms with E-state index < -0.39 is 4.92 Å². The molecule has 0 bridgehead atoms. The van der Waals surface area contributed by atoms with E-state index in [4.69, 9.17) is 10.5 Å². The van der Waals surface area contributed by atoms with Crippen LogP contribution in [-0.2, 0) is 6.42 Å². The molecule has 0 saturated carbocycles. The Hall–Kier alpha value is -2.83.